The summed E-state index contributed by atoms with van der Waals surface area (Å²) < 4.78 is 1.76. The lowest BCUT2D eigenvalue weighted by Gasteiger charge is -2.18. The van der Waals surface area contributed by atoms with E-state index in [1.807, 2.05) is 0 Å². The lowest BCUT2D eigenvalue weighted by molar-refractivity contribution is -0.133. The standard InChI is InChI=1S/C10H19N5O2S/c1-3-14(4-2)5-6-15-9(11)12-13-10(15)18-7-8(16)17/h3-7H2,1-2H3,(H2,11,12)(H,16,17). The van der Waals surface area contributed by atoms with Gasteiger partial charge in [0.2, 0.25) is 5.95 Å². The van der Waals surface area contributed by atoms with Gasteiger partial charge < -0.3 is 15.7 Å². The first kappa shape index (κ1) is 14.8. The maximum atomic E-state index is 10.5. The van der Waals surface area contributed by atoms with E-state index in [4.69, 9.17) is 10.8 Å². The maximum absolute atomic E-state index is 10.5. The molecule has 3 N–H and O–H groups in total. The number of likely N-dealkylation sites (N-methyl/N-ethyl adjacent to an activating group) is 1. The van der Waals surface area contributed by atoms with Crippen LogP contribution in [0.1, 0.15) is 13.8 Å². The van der Waals surface area contributed by atoms with Crippen LogP contribution in [0.5, 0.6) is 0 Å². The Labute approximate surface area is 110 Å². The molecule has 0 aliphatic rings. The van der Waals surface area contributed by atoms with Crippen molar-refractivity contribution in [2.75, 3.05) is 31.1 Å². The van der Waals surface area contributed by atoms with Crippen LogP contribution in [0, 0.1) is 0 Å². The first-order chi connectivity index (χ1) is 8.58. The molecule has 1 rings (SSSR count). The van der Waals surface area contributed by atoms with E-state index < -0.39 is 5.97 Å². The lowest BCUT2D eigenvalue weighted by atomic mass is 10.4. The Bertz CT molecular complexity index is 392. The number of nitrogen functional groups attached to an aromatic ring is 1. The fourth-order valence-electron chi connectivity index (χ4n) is 1.52. The number of thioether (sulfide) groups is 1. The average Bonchev–Trinajstić information content (AvgIpc) is 2.69. The van der Waals surface area contributed by atoms with Crippen molar-refractivity contribution in [3.63, 3.8) is 0 Å². The van der Waals surface area contributed by atoms with E-state index in [2.05, 4.69) is 28.9 Å². The van der Waals surface area contributed by atoms with Crippen LogP contribution in [0.15, 0.2) is 5.16 Å². The Balaban J connectivity index is 2.63. The Morgan fingerprint density at radius 2 is 2.11 bits per heavy atom. The number of hydrogen-bond donors (Lipinski definition) is 2. The normalized spacial score (nSPS) is 11.1. The number of aliphatic carboxylic acids is 1. The molecule has 1 aromatic rings. The van der Waals surface area contributed by atoms with Gasteiger partial charge in [-0.2, -0.15) is 0 Å². The van der Waals surface area contributed by atoms with Gasteiger partial charge in [0.15, 0.2) is 5.16 Å². The maximum Gasteiger partial charge on any atom is 0.313 e. The van der Waals surface area contributed by atoms with Gasteiger partial charge in [-0.3, -0.25) is 9.36 Å². The van der Waals surface area contributed by atoms with Gasteiger partial charge in [-0.05, 0) is 13.1 Å². The van der Waals surface area contributed by atoms with Crippen molar-refractivity contribution in [3.8, 4) is 0 Å². The molecule has 18 heavy (non-hydrogen) atoms. The number of aromatic nitrogens is 3. The second-order valence-electron chi connectivity index (χ2n) is 3.70. The zero-order valence-electron chi connectivity index (χ0n) is 10.7. The fraction of sp³-hybridized carbons (Fsp3) is 0.700. The third-order valence-electron chi connectivity index (χ3n) is 2.60. The molecule has 0 unspecified atom stereocenters. The summed E-state index contributed by atoms with van der Waals surface area (Å²) in [7, 11) is 0. The summed E-state index contributed by atoms with van der Waals surface area (Å²) in [5.74, 6) is -0.587. The number of carboxylic acids is 1. The second kappa shape index (κ2) is 7.22. The number of nitrogens with zero attached hydrogens (tertiary/aromatic N) is 4. The summed E-state index contributed by atoms with van der Waals surface area (Å²) >= 11 is 1.13. The highest BCUT2D eigenvalue weighted by Gasteiger charge is 2.12. The minimum Gasteiger partial charge on any atom is -0.481 e. The lowest BCUT2D eigenvalue weighted by Crippen LogP contribution is -2.27. The van der Waals surface area contributed by atoms with Crippen LogP contribution in [0.4, 0.5) is 5.95 Å². The van der Waals surface area contributed by atoms with Crippen molar-refractivity contribution in [2.24, 2.45) is 0 Å². The van der Waals surface area contributed by atoms with E-state index in [0.29, 0.717) is 17.6 Å². The number of rotatable bonds is 8. The topological polar surface area (TPSA) is 97.3 Å². The van der Waals surface area contributed by atoms with Crippen LogP contribution in [0.2, 0.25) is 0 Å². The highest BCUT2D eigenvalue weighted by molar-refractivity contribution is 7.99. The quantitative estimate of drug-likeness (QED) is 0.661. The minimum absolute atomic E-state index is 0.0383. The third-order valence-corrected chi connectivity index (χ3v) is 3.56. The van der Waals surface area contributed by atoms with Crippen LogP contribution < -0.4 is 5.73 Å². The van der Waals surface area contributed by atoms with Crippen LogP contribution >= 0.6 is 11.8 Å². The average molecular weight is 273 g/mol. The van der Waals surface area contributed by atoms with Crippen molar-refractivity contribution in [2.45, 2.75) is 25.5 Å². The first-order valence-electron chi connectivity index (χ1n) is 5.84. The van der Waals surface area contributed by atoms with E-state index in [0.717, 1.165) is 31.4 Å². The Morgan fingerprint density at radius 3 is 2.67 bits per heavy atom. The van der Waals surface area contributed by atoms with Crippen LogP contribution in [0.25, 0.3) is 0 Å². The monoisotopic (exact) mass is 273 g/mol. The Kier molecular flexibility index (Phi) is 5.93. The fourth-order valence-corrected chi connectivity index (χ4v) is 2.22. The molecule has 8 heteroatoms. The minimum atomic E-state index is -0.878. The van der Waals surface area contributed by atoms with Crippen LogP contribution in [-0.2, 0) is 11.3 Å². The molecular weight excluding hydrogens is 254 g/mol. The largest absolute Gasteiger partial charge is 0.481 e. The van der Waals surface area contributed by atoms with Crippen molar-refractivity contribution in [3.05, 3.63) is 0 Å². The van der Waals surface area contributed by atoms with Gasteiger partial charge >= 0.3 is 5.97 Å². The van der Waals surface area contributed by atoms with Crippen molar-refractivity contribution >= 4 is 23.7 Å². The third kappa shape index (κ3) is 4.19. The molecule has 1 aromatic heterocycles. The van der Waals surface area contributed by atoms with Gasteiger partial charge in [-0.25, -0.2) is 0 Å². The number of nitrogens with two attached hydrogens (primary N) is 1. The highest BCUT2D eigenvalue weighted by atomic mass is 32.2. The molecule has 7 nitrogen and oxygen atoms in total. The predicted molar refractivity (Wildman–Crippen MR) is 70.6 cm³/mol. The predicted octanol–water partition coefficient (Wildman–Crippen LogP) is 0.379. The summed E-state index contributed by atoms with van der Waals surface area (Å²) in [6.45, 7) is 7.64. The highest BCUT2D eigenvalue weighted by Crippen LogP contribution is 2.17. The molecule has 0 aliphatic carbocycles. The number of carbonyl (C=O) groups is 1. The number of anilines is 1. The van der Waals surface area contributed by atoms with E-state index >= 15 is 0 Å². The van der Waals surface area contributed by atoms with Gasteiger partial charge in [-0.1, -0.05) is 25.6 Å². The molecule has 0 radical (unpaired) electrons. The summed E-state index contributed by atoms with van der Waals surface area (Å²) in [6.07, 6.45) is 0. The molecule has 0 saturated heterocycles. The molecule has 0 atom stereocenters. The molecule has 0 amide bonds. The van der Waals surface area contributed by atoms with Gasteiger partial charge in [0, 0.05) is 13.1 Å². The summed E-state index contributed by atoms with van der Waals surface area (Å²) in [5.41, 5.74) is 5.73. The molecule has 0 aliphatic heterocycles. The number of hydrogen-bond acceptors (Lipinski definition) is 6. The van der Waals surface area contributed by atoms with Gasteiger partial charge in [0.1, 0.15) is 0 Å². The first-order valence-corrected chi connectivity index (χ1v) is 6.82. The molecule has 0 aromatic carbocycles. The zero-order valence-corrected chi connectivity index (χ0v) is 11.5. The Hall–Kier alpha value is -1.28. The summed E-state index contributed by atoms with van der Waals surface area (Å²) in [6, 6.07) is 0. The zero-order chi connectivity index (χ0) is 13.5. The van der Waals surface area contributed by atoms with E-state index in [-0.39, 0.29) is 5.75 Å². The van der Waals surface area contributed by atoms with Crippen molar-refractivity contribution in [1.29, 1.82) is 0 Å². The molecule has 0 spiro atoms. The molecule has 0 saturated carbocycles. The molecular formula is C10H19N5O2S. The van der Waals surface area contributed by atoms with Crippen molar-refractivity contribution < 1.29 is 9.90 Å². The molecule has 1 heterocycles. The molecule has 0 bridgehead atoms. The summed E-state index contributed by atoms with van der Waals surface area (Å²) in [4.78, 5) is 12.8. The van der Waals surface area contributed by atoms with Crippen molar-refractivity contribution in [1.82, 2.24) is 19.7 Å². The van der Waals surface area contributed by atoms with Gasteiger partial charge in [-0.15, -0.1) is 10.2 Å². The SMILES string of the molecule is CCN(CC)CCn1c(N)nnc1SCC(=O)O. The number of carboxylic acid groups (broad SMARTS) is 1. The molecule has 0 fully saturated rings. The molecule has 102 valence electrons. The second-order valence-corrected chi connectivity index (χ2v) is 4.64. The van der Waals surface area contributed by atoms with Crippen LogP contribution in [-0.4, -0.2) is 56.1 Å². The van der Waals surface area contributed by atoms with E-state index in [1.165, 1.54) is 0 Å². The summed E-state index contributed by atoms with van der Waals surface area (Å²) in [5, 5.41) is 16.9. The van der Waals surface area contributed by atoms with E-state index in [1.54, 1.807) is 4.57 Å². The smallest absolute Gasteiger partial charge is 0.313 e. The van der Waals surface area contributed by atoms with E-state index in [9.17, 15) is 4.79 Å². The Morgan fingerprint density at radius 1 is 1.44 bits per heavy atom. The van der Waals surface area contributed by atoms with Gasteiger partial charge in [0.05, 0.1) is 5.75 Å². The van der Waals surface area contributed by atoms with Crippen LogP contribution in [0.3, 0.4) is 0 Å². The van der Waals surface area contributed by atoms with Gasteiger partial charge in [0.25, 0.3) is 0 Å².